The summed E-state index contributed by atoms with van der Waals surface area (Å²) in [4.78, 5) is 27.2. The normalized spacial score (nSPS) is 16.2. The number of thioether (sulfide) groups is 1. The molecule has 25 heavy (non-hydrogen) atoms. The smallest absolute Gasteiger partial charge is 0.341 e. The standard InChI is InChI=1S/C19H21NO3S2/c1-11-8-9-12-15(10-11)25-18(16(12)19(22)23-2)20-17(21)13-6-4-5-7-14(13)24-3/h4-7,11H,8-10H2,1-3H3,(H,20,21)/t11-/m1/s1. The van der Waals surface area contributed by atoms with Gasteiger partial charge >= 0.3 is 5.97 Å². The van der Waals surface area contributed by atoms with E-state index < -0.39 is 0 Å². The Hall–Kier alpha value is -1.79. The number of amides is 1. The molecule has 0 spiro atoms. The van der Waals surface area contributed by atoms with Crippen LogP contribution in [-0.4, -0.2) is 25.2 Å². The van der Waals surface area contributed by atoms with Crippen molar-refractivity contribution in [1.29, 1.82) is 0 Å². The predicted octanol–water partition coefficient (Wildman–Crippen LogP) is 4.63. The number of methoxy groups -OCH3 is 1. The summed E-state index contributed by atoms with van der Waals surface area (Å²) in [6, 6.07) is 7.47. The molecule has 3 rings (SSSR count). The van der Waals surface area contributed by atoms with Crippen LogP contribution in [0.4, 0.5) is 5.00 Å². The summed E-state index contributed by atoms with van der Waals surface area (Å²) in [6.45, 7) is 2.22. The second-order valence-electron chi connectivity index (χ2n) is 6.20. The molecule has 0 saturated heterocycles. The molecule has 1 aliphatic carbocycles. The molecule has 0 radical (unpaired) electrons. The van der Waals surface area contributed by atoms with Crippen LogP contribution in [0.15, 0.2) is 29.2 Å². The Labute approximate surface area is 156 Å². The molecule has 1 amide bonds. The summed E-state index contributed by atoms with van der Waals surface area (Å²) >= 11 is 3.03. The zero-order valence-corrected chi connectivity index (χ0v) is 16.2. The van der Waals surface area contributed by atoms with Gasteiger partial charge in [0, 0.05) is 9.77 Å². The van der Waals surface area contributed by atoms with Gasteiger partial charge < -0.3 is 10.1 Å². The lowest BCUT2D eigenvalue weighted by molar-refractivity contribution is 0.0601. The quantitative estimate of drug-likeness (QED) is 0.625. The molecule has 1 aromatic carbocycles. The lowest BCUT2D eigenvalue weighted by Gasteiger charge is -2.18. The van der Waals surface area contributed by atoms with Gasteiger partial charge in [-0.2, -0.15) is 0 Å². The Bertz CT molecular complexity index is 813. The fraction of sp³-hybridized carbons (Fsp3) is 0.368. The summed E-state index contributed by atoms with van der Waals surface area (Å²) in [5.41, 5.74) is 2.19. The molecule has 4 nitrogen and oxygen atoms in total. The van der Waals surface area contributed by atoms with E-state index in [0.717, 1.165) is 29.7 Å². The number of carbonyl (C=O) groups is 2. The third kappa shape index (κ3) is 3.60. The van der Waals surface area contributed by atoms with E-state index in [1.54, 1.807) is 6.07 Å². The van der Waals surface area contributed by atoms with Crippen LogP contribution in [0.2, 0.25) is 0 Å². The maximum Gasteiger partial charge on any atom is 0.341 e. The van der Waals surface area contributed by atoms with Gasteiger partial charge in [-0.05, 0) is 49.1 Å². The van der Waals surface area contributed by atoms with Crippen molar-refractivity contribution >= 4 is 40.0 Å². The van der Waals surface area contributed by atoms with Crippen molar-refractivity contribution in [3.63, 3.8) is 0 Å². The molecular formula is C19H21NO3S2. The van der Waals surface area contributed by atoms with Crippen LogP contribution in [0, 0.1) is 5.92 Å². The second kappa shape index (κ2) is 7.62. The SMILES string of the molecule is COC(=O)c1c(NC(=O)c2ccccc2SC)sc2c1CC[C@@H](C)C2. The molecule has 1 N–H and O–H groups in total. The summed E-state index contributed by atoms with van der Waals surface area (Å²) in [7, 11) is 1.38. The highest BCUT2D eigenvalue weighted by Gasteiger charge is 2.29. The van der Waals surface area contributed by atoms with Gasteiger partial charge in [-0.1, -0.05) is 19.1 Å². The van der Waals surface area contributed by atoms with Crippen LogP contribution in [0.25, 0.3) is 0 Å². The van der Waals surface area contributed by atoms with Gasteiger partial charge in [0.05, 0.1) is 18.2 Å². The van der Waals surface area contributed by atoms with E-state index in [4.69, 9.17) is 4.74 Å². The Kier molecular flexibility index (Phi) is 5.49. The molecule has 0 bridgehead atoms. The summed E-state index contributed by atoms with van der Waals surface area (Å²) in [5, 5.41) is 3.56. The fourth-order valence-electron chi connectivity index (χ4n) is 3.16. The summed E-state index contributed by atoms with van der Waals surface area (Å²) in [5.74, 6) is 0.0275. The number of esters is 1. The van der Waals surface area contributed by atoms with Crippen molar-refractivity contribution in [1.82, 2.24) is 0 Å². The zero-order chi connectivity index (χ0) is 18.0. The van der Waals surface area contributed by atoms with Crippen LogP contribution in [0.1, 0.15) is 44.5 Å². The number of carbonyl (C=O) groups excluding carboxylic acids is 2. The monoisotopic (exact) mass is 375 g/mol. The Morgan fingerprint density at radius 3 is 2.80 bits per heavy atom. The summed E-state index contributed by atoms with van der Waals surface area (Å²) < 4.78 is 4.97. The largest absolute Gasteiger partial charge is 0.465 e. The average molecular weight is 376 g/mol. The molecule has 0 saturated carbocycles. The first-order valence-electron chi connectivity index (χ1n) is 8.22. The van der Waals surface area contributed by atoms with Crippen molar-refractivity contribution in [2.45, 2.75) is 31.1 Å². The molecule has 1 aromatic heterocycles. The molecule has 132 valence electrons. The van der Waals surface area contributed by atoms with Gasteiger partial charge in [0.2, 0.25) is 0 Å². The van der Waals surface area contributed by atoms with Crippen molar-refractivity contribution in [2.75, 3.05) is 18.7 Å². The zero-order valence-electron chi connectivity index (χ0n) is 14.5. The molecule has 1 aliphatic rings. The molecule has 6 heteroatoms. The van der Waals surface area contributed by atoms with E-state index in [0.29, 0.717) is 22.0 Å². The van der Waals surface area contributed by atoms with E-state index in [-0.39, 0.29) is 11.9 Å². The van der Waals surface area contributed by atoms with Gasteiger partial charge in [-0.15, -0.1) is 23.1 Å². The maximum absolute atomic E-state index is 12.8. The molecule has 1 heterocycles. The minimum absolute atomic E-state index is 0.193. The number of hydrogen-bond donors (Lipinski definition) is 1. The average Bonchev–Trinajstić information content (AvgIpc) is 2.97. The Morgan fingerprint density at radius 2 is 2.08 bits per heavy atom. The number of nitrogens with one attached hydrogen (secondary N) is 1. The Balaban J connectivity index is 1.97. The molecule has 0 aliphatic heterocycles. The number of hydrogen-bond acceptors (Lipinski definition) is 5. The number of rotatable bonds is 4. The Morgan fingerprint density at radius 1 is 1.32 bits per heavy atom. The molecule has 0 unspecified atom stereocenters. The third-order valence-electron chi connectivity index (χ3n) is 4.48. The number of anilines is 1. The van der Waals surface area contributed by atoms with E-state index in [9.17, 15) is 9.59 Å². The first kappa shape index (κ1) is 18.0. The number of benzene rings is 1. The molecule has 0 fully saturated rings. The highest BCUT2D eigenvalue weighted by molar-refractivity contribution is 7.98. The topological polar surface area (TPSA) is 55.4 Å². The van der Waals surface area contributed by atoms with Crippen molar-refractivity contribution < 1.29 is 14.3 Å². The van der Waals surface area contributed by atoms with Crippen molar-refractivity contribution in [3.8, 4) is 0 Å². The molecule has 2 aromatic rings. The lowest BCUT2D eigenvalue weighted by atomic mass is 9.88. The van der Waals surface area contributed by atoms with Gasteiger partial charge in [-0.25, -0.2) is 4.79 Å². The van der Waals surface area contributed by atoms with Gasteiger partial charge in [-0.3, -0.25) is 4.79 Å². The van der Waals surface area contributed by atoms with E-state index in [2.05, 4.69) is 12.2 Å². The van der Waals surface area contributed by atoms with Gasteiger partial charge in [0.25, 0.3) is 5.91 Å². The van der Waals surface area contributed by atoms with E-state index >= 15 is 0 Å². The fourth-order valence-corrected chi connectivity index (χ4v) is 5.15. The van der Waals surface area contributed by atoms with Gasteiger partial charge in [0.15, 0.2) is 0 Å². The van der Waals surface area contributed by atoms with Crippen molar-refractivity contribution in [3.05, 3.63) is 45.8 Å². The number of fused-ring (bicyclic) bond motifs is 1. The minimum atomic E-state index is -0.375. The van der Waals surface area contributed by atoms with Gasteiger partial charge in [0.1, 0.15) is 5.00 Å². The molecular weight excluding hydrogens is 354 g/mol. The van der Waals surface area contributed by atoms with Crippen LogP contribution < -0.4 is 5.32 Å². The van der Waals surface area contributed by atoms with E-state index in [1.165, 1.54) is 35.1 Å². The highest BCUT2D eigenvalue weighted by atomic mass is 32.2. The molecule has 1 atom stereocenters. The highest BCUT2D eigenvalue weighted by Crippen LogP contribution is 2.40. The maximum atomic E-state index is 12.8. The second-order valence-corrected chi connectivity index (χ2v) is 8.16. The summed E-state index contributed by atoms with van der Waals surface area (Å²) in [6.07, 6.45) is 4.80. The first-order valence-corrected chi connectivity index (χ1v) is 10.3. The number of ether oxygens (including phenoxy) is 1. The van der Waals surface area contributed by atoms with Crippen LogP contribution >= 0.6 is 23.1 Å². The first-order chi connectivity index (χ1) is 12.0. The van der Waals surface area contributed by atoms with Crippen LogP contribution in [0.5, 0.6) is 0 Å². The van der Waals surface area contributed by atoms with Crippen molar-refractivity contribution in [2.24, 2.45) is 5.92 Å². The van der Waals surface area contributed by atoms with E-state index in [1.807, 2.05) is 24.5 Å². The lowest BCUT2D eigenvalue weighted by Crippen LogP contribution is -2.16. The third-order valence-corrected chi connectivity index (χ3v) is 6.45. The number of thiophene rings is 1. The van der Waals surface area contributed by atoms with Crippen LogP contribution in [-0.2, 0) is 17.6 Å². The van der Waals surface area contributed by atoms with Crippen LogP contribution in [0.3, 0.4) is 0 Å². The minimum Gasteiger partial charge on any atom is -0.465 e. The predicted molar refractivity (Wildman–Crippen MR) is 103 cm³/mol.